The summed E-state index contributed by atoms with van der Waals surface area (Å²) in [5.74, 6) is -0.664. The van der Waals surface area contributed by atoms with Crippen LogP contribution in [-0.2, 0) is 31.8 Å². The minimum atomic E-state index is -5.84. The topological polar surface area (TPSA) is 94.5 Å². The molecule has 2 rings (SSSR count). The summed E-state index contributed by atoms with van der Waals surface area (Å²) < 4.78 is 82.7. The Morgan fingerprint density at radius 1 is 0.900 bits per heavy atom. The van der Waals surface area contributed by atoms with Crippen molar-refractivity contribution in [3.05, 3.63) is 65.7 Å². The van der Waals surface area contributed by atoms with Crippen molar-refractivity contribution in [2.75, 3.05) is 39.5 Å². The van der Waals surface area contributed by atoms with Gasteiger partial charge in [0, 0.05) is 26.0 Å². The molecule has 13 heteroatoms. The van der Waals surface area contributed by atoms with Crippen molar-refractivity contribution in [2.45, 2.75) is 44.6 Å². The Morgan fingerprint density at radius 3 is 2.17 bits per heavy atom. The van der Waals surface area contributed by atoms with E-state index in [0.717, 1.165) is 10.5 Å². The van der Waals surface area contributed by atoms with E-state index in [-0.39, 0.29) is 45.8 Å². The number of halogens is 5. The monoisotopic (exact) mass is 577 g/mol. The molecule has 0 radical (unpaired) electrons. The fourth-order valence-corrected chi connectivity index (χ4v) is 3.45. The predicted octanol–water partition coefficient (Wildman–Crippen LogP) is 5.34. The van der Waals surface area contributed by atoms with Crippen molar-refractivity contribution in [3.8, 4) is 5.75 Å². The second-order valence-electron chi connectivity index (χ2n) is 8.53. The SMILES string of the molecule is CCOC(Cc1ccc(OCCN(CCCOC(F)(F)C(F)(F)F)C(=O)OCCc2ccccc2)cc1)C(=O)O. The predicted molar refractivity (Wildman–Crippen MR) is 133 cm³/mol. The van der Waals surface area contributed by atoms with Crippen LogP contribution in [0.5, 0.6) is 5.75 Å². The molecule has 0 aliphatic rings. The van der Waals surface area contributed by atoms with Gasteiger partial charge in [-0.1, -0.05) is 42.5 Å². The van der Waals surface area contributed by atoms with E-state index in [1.165, 1.54) is 0 Å². The van der Waals surface area contributed by atoms with Gasteiger partial charge in [0.1, 0.15) is 12.4 Å². The molecule has 0 aliphatic carbocycles. The molecule has 2 aromatic carbocycles. The standard InChI is InChI=1S/C27H32F5NO7/c1-2-37-23(24(34)35)19-21-9-11-22(12-10-21)38-18-15-33(14-6-16-40-27(31,32)26(28,29)30)25(36)39-17-13-20-7-4-3-5-8-20/h3-5,7-12,23H,2,6,13-19H2,1H3,(H,34,35). The molecule has 0 saturated heterocycles. The smallest absolute Gasteiger partial charge is 0.482 e. The summed E-state index contributed by atoms with van der Waals surface area (Å²) in [4.78, 5) is 25.0. The van der Waals surface area contributed by atoms with Gasteiger partial charge in [-0.2, -0.15) is 22.0 Å². The molecule has 1 atom stereocenters. The Hall–Kier alpha value is -3.45. The molecular formula is C27H32F5NO7. The number of benzene rings is 2. The van der Waals surface area contributed by atoms with Crippen LogP contribution < -0.4 is 4.74 Å². The average Bonchev–Trinajstić information content (AvgIpc) is 2.90. The van der Waals surface area contributed by atoms with Crippen molar-refractivity contribution in [1.82, 2.24) is 4.90 Å². The highest BCUT2D eigenvalue weighted by Crippen LogP contribution is 2.36. The van der Waals surface area contributed by atoms with Crippen LogP contribution in [0.25, 0.3) is 0 Å². The lowest BCUT2D eigenvalue weighted by atomic mass is 10.1. The largest absolute Gasteiger partial charge is 0.492 e. The van der Waals surface area contributed by atoms with Gasteiger partial charge >= 0.3 is 24.3 Å². The Balaban J connectivity index is 1.90. The van der Waals surface area contributed by atoms with Crippen molar-refractivity contribution < 1.29 is 55.6 Å². The van der Waals surface area contributed by atoms with Crippen LogP contribution in [0, 0.1) is 0 Å². The maximum absolute atomic E-state index is 13.0. The van der Waals surface area contributed by atoms with E-state index in [2.05, 4.69) is 4.74 Å². The second kappa shape index (κ2) is 16.0. The summed E-state index contributed by atoms with van der Waals surface area (Å²) in [6.07, 6.45) is -12.6. The van der Waals surface area contributed by atoms with Gasteiger partial charge in [0.15, 0.2) is 6.10 Å². The molecule has 0 spiro atoms. The van der Waals surface area contributed by atoms with Gasteiger partial charge in [0.2, 0.25) is 0 Å². The summed E-state index contributed by atoms with van der Waals surface area (Å²) in [7, 11) is 0. The molecule has 222 valence electrons. The number of amides is 1. The molecule has 0 aromatic heterocycles. The van der Waals surface area contributed by atoms with Crippen LogP contribution in [0.1, 0.15) is 24.5 Å². The first-order valence-corrected chi connectivity index (χ1v) is 12.5. The van der Waals surface area contributed by atoms with E-state index in [1.54, 1.807) is 31.2 Å². The van der Waals surface area contributed by atoms with Crippen LogP contribution in [0.4, 0.5) is 26.7 Å². The van der Waals surface area contributed by atoms with Gasteiger partial charge in [-0.25, -0.2) is 9.59 Å². The Labute approximate surface area is 228 Å². The lowest BCUT2D eigenvalue weighted by molar-refractivity contribution is -0.391. The second-order valence-corrected chi connectivity index (χ2v) is 8.53. The number of nitrogens with zero attached hydrogens (tertiary/aromatic N) is 1. The number of hydrogen-bond donors (Lipinski definition) is 1. The lowest BCUT2D eigenvalue weighted by Crippen LogP contribution is -2.40. The Bertz CT molecular complexity index is 1040. The third-order valence-electron chi connectivity index (χ3n) is 5.52. The van der Waals surface area contributed by atoms with Crippen LogP contribution in [0.2, 0.25) is 0 Å². The van der Waals surface area contributed by atoms with Crippen LogP contribution in [0.3, 0.4) is 0 Å². The summed E-state index contributed by atoms with van der Waals surface area (Å²) in [6, 6.07) is 15.7. The lowest BCUT2D eigenvalue weighted by Gasteiger charge is -2.23. The zero-order valence-corrected chi connectivity index (χ0v) is 21.9. The average molecular weight is 578 g/mol. The zero-order valence-electron chi connectivity index (χ0n) is 21.9. The Morgan fingerprint density at radius 2 is 1.57 bits per heavy atom. The number of carbonyl (C=O) groups is 2. The highest BCUT2D eigenvalue weighted by Gasteiger charge is 2.59. The molecule has 1 amide bonds. The van der Waals surface area contributed by atoms with E-state index < -0.39 is 37.1 Å². The zero-order chi connectivity index (χ0) is 29.6. The van der Waals surface area contributed by atoms with E-state index in [0.29, 0.717) is 17.7 Å². The fraction of sp³-hybridized carbons (Fsp3) is 0.481. The first-order valence-electron chi connectivity index (χ1n) is 12.5. The third kappa shape index (κ3) is 11.3. The van der Waals surface area contributed by atoms with Crippen LogP contribution >= 0.6 is 0 Å². The molecule has 8 nitrogen and oxygen atoms in total. The maximum atomic E-state index is 13.0. The number of hydrogen-bond acceptors (Lipinski definition) is 6. The molecule has 2 aromatic rings. The van der Waals surface area contributed by atoms with Crippen molar-refractivity contribution in [3.63, 3.8) is 0 Å². The molecule has 0 bridgehead atoms. The fourth-order valence-electron chi connectivity index (χ4n) is 3.45. The number of carboxylic acid groups (broad SMARTS) is 1. The normalized spacial score (nSPS) is 12.6. The van der Waals surface area contributed by atoms with Gasteiger partial charge in [0.25, 0.3) is 0 Å². The summed E-state index contributed by atoms with van der Waals surface area (Å²) in [5, 5.41) is 9.21. The number of carbonyl (C=O) groups excluding carboxylic acids is 1. The van der Waals surface area contributed by atoms with Gasteiger partial charge in [0.05, 0.1) is 19.8 Å². The molecule has 1 unspecified atom stereocenters. The molecular weight excluding hydrogens is 545 g/mol. The van der Waals surface area contributed by atoms with Gasteiger partial charge < -0.3 is 29.0 Å². The highest BCUT2D eigenvalue weighted by molar-refractivity contribution is 5.72. The first kappa shape index (κ1) is 32.8. The highest BCUT2D eigenvalue weighted by atomic mass is 19.4. The van der Waals surface area contributed by atoms with E-state index in [1.807, 2.05) is 30.3 Å². The van der Waals surface area contributed by atoms with Gasteiger partial charge in [-0.15, -0.1) is 0 Å². The first-order chi connectivity index (χ1) is 18.9. The molecule has 0 heterocycles. The van der Waals surface area contributed by atoms with Crippen molar-refractivity contribution in [2.24, 2.45) is 0 Å². The van der Waals surface area contributed by atoms with E-state index >= 15 is 0 Å². The molecule has 1 N–H and O–H groups in total. The van der Waals surface area contributed by atoms with E-state index in [9.17, 15) is 36.6 Å². The van der Waals surface area contributed by atoms with Crippen molar-refractivity contribution in [1.29, 1.82) is 0 Å². The van der Waals surface area contributed by atoms with Gasteiger partial charge in [-0.05, 0) is 36.6 Å². The summed E-state index contributed by atoms with van der Waals surface area (Å²) in [6.45, 7) is 0.732. The quantitative estimate of drug-likeness (QED) is 0.200. The van der Waals surface area contributed by atoms with Crippen molar-refractivity contribution >= 4 is 12.1 Å². The summed E-state index contributed by atoms with van der Waals surface area (Å²) in [5.41, 5.74) is 1.62. The Kier molecular flexibility index (Phi) is 13.1. The number of alkyl halides is 5. The number of carboxylic acids is 1. The minimum absolute atomic E-state index is 0.0311. The van der Waals surface area contributed by atoms with Crippen LogP contribution in [0.15, 0.2) is 54.6 Å². The third-order valence-corrected chi connectivity index (χ3v) is 5.52. The van der Waals surface area contributed by atoms with Crippen LogP contribution in [-0.4, -0.2) is 80.0 Å². The number of aliphatic carboxylic acids is 1. The molecule has 40 heavy (non-hydrogen) atoms. The summed E-state index contributed by atoms with van der Waals surface area (Å²) >= 11 is 0. The minimum Gasteiger partial charge on any atom is -0.492 e. The number of ether oxygens (including phenoxy) is 4. The molecule has 0 saturated carbocycles. The van der Waals surface area contributed by atoms with Gasteiger partial charge in [-0.3, -0.25) is 0 Å². The molecule has 0 fully saturated rings. The molecule has 0 aliphatic heterocycles. The number of rotatable bonds is 17. The van der Waals surface area contributed by atoms with E-state index in [4.69, 9.17) is 14.2 Å². The maximum Gasteiger partial charge on any atom is 0.482 e.